The fraction of sp³-hybridized carbons (Fsp3) is 1.00. The molecule has 2 heterocycles. The Bertz CT molecular complexity index is 267. The highest BCUT2D eigenvalue weighted by atomic mass is 16.5. The number of rotatable bonds is 1. The maximum atomic E-state index is 10.4. The molecule has 0 radical (unpaired) electrons. The number of nitrogens with zero attached hydrogens (tertiary/aromatic N) is 1. The van der Waals surface area contributed by atoms with E-state index in [4.69, 9.17) is 4.74 Å². The van der Waals surface area contributed by atoms with Gasteiger partial charge in [-0.1, -0.05) is 13.8 Å². The van der Waals surface area contributed by atoms with Gasteiger partial charge in [0.15, 0.2) is 0 Å². The molecule has 1 saturated carbocycles. The van der Waals surface area contributed by atoms with Gasteiger partial charge in [-0.2, -0.15) is 0 Å². The predicted molar refractivity (Wildman–Crippen MR) is 62.3 cm³/mol. The number of hydrogen-bond donors (Lipinski definition) is 1. The van der Waals surface area contributed by atoms with E-state index in [1.807, 2.05) is 0 Å². The third-order valence-corrected chi connectivity index (χ3v) is 4.79. The summed E-state index contributed by atoms with van der Waals surface area (Å²) in [4.78, 5) is 2.49. The highest BCUT2D eigenvalue weighted by molar-refractivity contribution is 4.99. The Hall–Kier alpha value is -0.120. The minimum atomic E-state index is -0.162. The van der Waals surface area contributed by atoms with Gasteiger partial charge in [0.1, 0.15) is 0 Å². The maximum Gasteiger partial charge on any atom is 0.0746 e. The lowest BCUT2D eigenvalue weighted by atomic mass is 9.88. The average molecular weight is 225 g/mol. The molecule has 3 heteroatoms. The summed E-state index contributed by atoms with van der Waals surface area (Å²) in [6.07, 6.45) is 5.44. The van der Waals surface area contributed by atoms with Gasteiger partial charge in [-0.3, -0.25) is 4.90 Å². The molecule has 4 atom stereocenters. The molecular weight excluding hydrogens is 202 g/mol. The van der Waals surface area contributed by atoms with E-state index < -0.39 is 0 Å². The Labute approximate surface area is 97.8 Å². The SMILES string of the molecule is CC1(C)CCC(N2CC3CCC(C2)O3)C1O. The van der Waals surface area contributed by atoms with Crippen LogP contribution in [0.5, 0.6) is 0 Å². The van der Waals surface area contributed by atoms with Crippen LogP contribution in [0.2, 0.25) is 0 Å². The summed E-state index contributed by atoms with van der Waals surface area (Å²) in [7, 11) is 0. The van der Waals surface area contributed by atoms with Crippen molar-refractivity contribution < 1.29 is 9.84 Å². The summed E-state index contributed by atoms with van der Waals surface area (Å²) >= 11 is 0. The normalized spacial score (nSPS) is 47.4. The van der Waals surface area contributed by atoms with Crippen LogP contribution in [-0.2, 0) is 4.74 Å². The van der Waals surface area contributed by atoms with Crippen LogP contribution < -0.4 is 0 Å². The van der Waals surface area contributed by atoms with Crippen LogP contribution in [0.1, 0.15) is 39.5 Å². The number of hydrogen-bond acceptors (Lipinski definition) is 3. The van der Waals surface area contributed by atoms with Gasteiger partial charge < -0.3 is 9.84 Å². The molecule has 3 aliphatic rings. The summed E-state index contributed by atoms with van der Waals surface area (Å²) in [6, 6.07) is 0.377. The largest absolute Gasteiger partial charge is 0.391 e. The van der Waals surface area contributed by atoms with E-state index in [0.717, 1.165) is 25.9 Å². The summed E-state index contributed by atoms with van der Waals surface area (Å²) in [5.41, 5.74) is 0.0992. The molecule has 1 aliphatic carbocycles. The molecule has 0 amide bonds. The summed E-state index contributed by atoms with van der Waals surface area (Å²) < 4.78 is 5.85. The second-order valence-electron chi connectivity index (χ2n) is 6.45. The van der Waals surface area contributed by atoms with Crippen LogP contribution in [-0.4, -0.2) is 47.4 Å². The van der Waals surface area contributed by atoms with Gasteiger partial charge in [0.25, 0.3) is 0 Å². The second kappa shape index (κ2) is 3.69. The van der Waals surface area contributed by atoms with Crippen molar-refractivity contribution in [2.45, 2.75) is 63.9 Å². The van der Waals surface area contributed by atoms with Crippen molar-refractivity contribution >= 4 is 0 Å². The number of ether oxygens (including phenoxy) is 1. The highest BCUT2D eigenvalue weighted by Gasteiger charge is 2.46. The first-order chi connectivity index (χ1) is 7.56. The molecule has 92 valence electrons. The number of fused-ring (bicyclic) bond motifs is 2. The van der Waals surface area contributed by atoms with E-state index in [2.05, 4.69) is 18.7 Å². The van der Waals surface area contributed by atoms with Crippen LogP contribution in [0.4, 0.5) is 0 Å². The zero-order valence-electron chi connectivity index (χ0n) is 10.4. The lowest BCUT2D eigenvalue weighted by Crippen LogP contribution is -2.52. The van der Waals surface area contributed by atoms with Crippen LogP contribution >= 0.6 is 0 Å². The van der Waals surface area contributed by atoms with Crippen molar-refractivity contribution in [3.05, 3.63) is 0 Å². The van der Waals surface area contributed by atoms with Gasteiger partial charge >= 0.3 is 0 Å². The molecule has 4 unspecified atom stereocenters. The van der Waals surface area contributed by atoms with Crippen molar-refractivity contribution in [1.82, 2.24) is 4.90 Å². The van der Waals surface area contributed by atoms with E-state index >= 15 is 0 Å². The van der Waals surface area contributed by atoms with Gasteiger partial charge in [-0.25, -0.2) is 0 Å². The quantitative estimate of drug-likeness (QED) is 0.732. The molecule has 0 spiro atoms. The van der Waals surface area contributed by atoms with E-state index in [1.54, 1.807) is 0 Å². The van der Waals surface area contributed by atoms with Gasteiger partial charge in [0, 0.05) is 19.1 Å². The minimum absolute atomic E-state index is 0.0992. The van der Waals surface area contributed by atoms with Gasteiger partial charge in [-0.05, 0) is 31.1 Å². The Morgan fingerprint density at radius 2 is 1.75 bits per heavy atom. The molecule has 3 rings (SSSR count). The van der Waals surface area contributed by atoms with Crippen LogP contribution in [0.25, 0.3) is 0 Å². The molecular formula is C13H23NO2. The molecule has 0 aromatic rings. The van der Waals surface area contributed by atoms with E-state index in [9.17, 15) is 5.11 Å². The number of aliphatic hydroxyl groups excluding tert-OH is 1. The maximum absolute atomic E-state index is 10.4. The number of morpholine rings is 1. The predicted octanol–water partition coefficient (Wildman–Crippen LogP) is 1.40. The Morgan fingerprint density at radius 3 is 2.25 bits per heavy atom. The Morgan fingerprint density at radius 1 is 1.12 bits per heavy atom. The lowest BCUT2D eigenvalue weighted by Gasteiger charge is -2.39. The van der Waals surface area contributed by atoms with Crippen molar-refractivity contribution in [2.75, 3.05) is 13.1 Å². The summed E-state index contributed by atoms with van der Waals surface area (Å²) in [5, 5.41) is 10.4. The lowest BCUT2D eigenvalue weighted by molar-refractivity contribution is -0.0758. The molecule has 3 nitrogen and oxygen atoms in total. The number of aliphatic hydroxyl groups is 1. The molecule has 2 saturated heterocycles. The van der Waals surface area contributed by atoms with Crippen LogP contribution in [0.3, 0.4) is 0 Å². The zero-order chi connectivity index (χ0) is 11.3. The molecule has 16 heavy (non-hydrogen) atoms. The standard InChI is InChI=1S/C13H23NO2/c1-13(2)6-5-11(12(13)15)14-7-9-3-4-10(8-14)16-9/h9-12,15H,3-8H2,1-2H3. The molecule has 3 fully saturated rings. The van der Waals surface area contributed by atoms with Crippen molar-refractivity contribution in [2.24, 2.45) is 5.41 Å². The monoisotopic (exact) mass is 225 g/mol. The zero-order valence-corrected chi connectivity index (χ0v) is 10.4. The second-order valence-corrected chi connectivity index (χ2v) is 6.45. The van der Waals surface area contributed by atoms with Crippen molar-refractivity contribution in [3.8, 4) is 0 Å². The van der Waals surface area contributed by atoms with Gasteiger partial charge in [0.2, 0.25) is 0 Å². The highest BCUT2D eigenvalue weighted by Crippen LogP contribution is 2.41. The minimum Gasteiger partial charge on any atom is -0.391 e. The number of likely N-dealkylation sites (tertiary alicyclic amines) is 1. The van der Waals surface area contributed by atoms with Crippen molar-refractivity contribution in [1.29, 1.82) is 0 Å². The van der Waals surface area contributed by atoms with Gasteiger partial charge in [0.05, 0.1) is 18.3 Å². The molecule has 0 aromatic heterocycles. The van der Waals surface area contributed by atoms with Crippen LogP contribution in [0.15, 0.2) is 0 Å². The third-order valence-electron chi connectivity index (χ3n) is 4.79. The third kappa shape index (κ3) is 1.69. The average Bonchev–Trinajstić information content (AvgIpc) is 2.70. The Balaban J connectivity index is 1.70. The first-order valence-corrected chi connectivity index (χ1v) is 6.64. The fourth-order valence-electron chi connectivity index (χ4n) is 3.65. The van der Waals surface area contributed by atoms with E-state index in [-0.39, 0.29) is 11.5 Å². The first-order valence-electron chi connectivity index (χ1n) is 6.64. The smallest absolute Gasteiger partial charge is 0.0746 e. The first kappa shape index (κ1) is 11.0. The van der Waals surface area contributed by atoms with E-state index in [1.165, 1.54) is 12.8 Å². The summed E-state index contributed by atoms with van der Waals surface area (Å²) in [6.45, 7) is 6.45. The molecule has 1 N–H and O–H groups in total. The summed E-state index contributed by atoms with van der Waals surface area (Å²) in [5.74, 6) is 0. The molecule has 2 aliphatic heterocycles. The fourth-order valence-corrected chi connectivity index (χ4v) is 3.65. The molecule has 2 bridgehead atoms. The topological polar surface area (TPSA) is 32.7 Å². The van der Waals surface area contributed by atoms with Crippen LogP contribution in [0, 0.1) is 5.41 Å². The van der Waals surface area contributed by atoms with E-state index in [0.29, 0.717) is 18.2 Å². The Kier molecular flexibility index (Phi) is 2.54. The van der Waals surface area contributed by atoms with Gasteiger partial charge in [-0.15, -0.1) is 0 Å². The van der Waals surface area contributed by atoms with Crippen molar-refractivity contribution in [3.63, 3.8) is 0 Å². The molecule has 0 aromatic carbocycles.